The van der Waals surface area contributed by atoms with Gasteiger partial charge in [-0.2, -0.15) is 0 Å². The summed E-state index contributed by atoms with van der Waals surface area (Å²) < 4.78 is 11.1. The van der Waals surface area contributed by atoms with Crippen LogP contribution in [0.1, 0.15) is 0 Å². The van der Waals surface area contributed by atoms with Gasteiger partial charge in [0, 0.05) is 11.0 Å². The van der Waals surface area contributed by atoms with Crippen molar-refractivity contribution in [1.29, 1.82) is 0 Å². The summed E-state index contributed by atoms with van der Waals surface area (Å²) in [5.74, 6) is 0.197. The number of amides is 1. The molecule has 1 aromatic rings. The summed E-state index contributed by atoms with van der Waals surface area (Å²) in [5.41, 5.74) is 0. The van der Waals surface area contributed by atoms with E-state index in [4.69, 9.17) is 26.2 Å². The van der Waals surface area contributed by atoms with E-state index in [1.165, 1.54) is 0 Å². The molecule has 7 heteroatoms. The molecule has 0 bridgehead atoms. The molecule has 0 aliphatic heterocycles. The highest BCUT2D eigenvalue weighted by atomic mass is 79.9. The molecule has 0 heterocycles. The number of hydrogen-bond acceptors (Lipinski definition) is 4. The number of aliphatic hydroxyl groups excluding tert-OH is 1. The van der Waals surface area contributed by atoms with Crippen molar-refractivity contribution in [2.45, 2.75) is 0 Å². The van der Waals surface area contributed by atoms with Gasteiger partial charge in [-0.05, 0) is 18.2 Å². The number of hydrogen-bond donors (Lipinski definition) is 2. The van der Waals surface area contributed by atoms with Crippen LogP contribution in [0.15, 0.2) is 22.7 Å². The lowest BCUT2D eigenvalue weighted by Crippen LogP contribution is -2.31. The normalized spacial score (nSPS) is 10.3. The van der Waals surface area contributed by atoms with Crippen molar-refractivity contribution < 1.29 is 19.4 Å². The van der Waals surface area contributed by atoms with Crippen molar-refractivity contribution in [1.82, 2.24) is 5.32 Å². The molecule has 0 saturated carbocycles. The molecule has 0 radical (unpaired) electrons. The van der Waals surface area contributed by atoms with Crippen LogP contribution in [-0.2, 0) is 9.53 Å². The van der Waals surface area contributed by atoms with Gasteiger partial charge in [0.25, 0.3) is 5.91 Å². The Kier molecular flexibility index (Phi) is 7.81. The van der Waals surface area contributed by atoms with E-state index in [0.717, 1.165) is 4.47 Å². The Bertz CT molecular complexity index is 417. The second-order valence-electron chi connectivity index (χ2n) is 3.55. The zero-order valence-corrected chi connectivity index (χ0v) is 12.5. The molecular formula is C12H15BrClNO4. The van der Waals surface area contributed by atoms with E-state index in [1.807, 2.05) is 0 Å². The lowest BCUT2D eigenvalue weighted by molar-refractivity contribution is -0.123. The monoisotopic (exact) mass is 351 g/mol. The van der Waals surface area contributed by atoms with Crippen molar-refractivity contribution in [2.24, 2.45) is 0 Å². The van der Waals surface area contributed by atoms with Crippen molar-refractivity contribution in [3.8, 4) is 5.75 Å². The summed E-state index contributed by atoms with van der Waals surface area (Å²) in [5, 5.41) is 11.5. The van der Waals surface area contributed by atoms with Crippen molar-refractivity contribution in [3.63, 3.8) is 0 Å². The Morgan fingerprint density at radius 2 is 2.21 bits per heavy atom. The van der Waals surface area contributed by atoms with E-state index in [1.54, 1.807) is 18.2 Å². The average molecular weight is 353 g/mol. The fraction of sp³-hybridized carbons (Fsp3) is 0.417. The maximum absolute atomic E-state index is 11.4. The minimum atomic E-state index is -0.258. The van der Waals surface area contributed by atoms with Crippen LogP contribution in [0.4, 0.5) is 0 Å². The summed E-state index contributed by atoms with van der Waals surface area (Å²) in [7, 11) is 0. The minimum absolute atomic E-state index is 0.0286. The van der Waals surface area contributed by atoms with Crippen LogP contribution in [0.25, 0.3) is 0 Å². The first kappa shape index (κ1) is 16.2. The molecule has 0 atom stereocenters. The molecule has 1 amide bonds. The average Bonchev–Trinajstić information content (AvgIpc) is 2.37. The van der Waals surface area contributed by atoms with Crippen LogP contribution in [0.5, 0.6) is 5.75 Å². The third-order valence-electron chi connectivity index (χ3n) is 2.06. The molecule has 0 aliphatic rings. The van der Waals surface area contributed by atoms with E-state index in [0.29, 0.717) is 23.9 Å². The van der Waals surface area contributed by atoms with Gasteiger partial charge < -0.3 is 19.9 Å². The predicted molar refractivity (Wildman–Crippen MR) is 75.6 cm³/mol. The zero-order chi connectivity index (χ0) is 14.1. The van der Waals surface area contributed by atoms with Gasteiger partial charge in [-0.15, -0.1) is 0 Å². The Balaban J connectivity index is 2.22. The highest BCUT2D eigenvalue weighted by Gasteiger charge is 2.05. The number of aliphatic hydroxyl groups is 1. The lowest BCUT2D eigenvalue weighted by Gasteiger charge is -2.09. The number of ether oxygens (including phenoxy) is 2. The summed E-state index contributed by atoms with van der Waals surface area (Å²) in [4.78, 5) is 11.4. The number of nitrogens with one attached hydrogen (secondary N) is 1. The fourth-order valence-corrected chi connectivity index (χ4v) is 1.94. The van der Waals surface area contributed by atoms with E-state index in [-0.39, 0.29) is 25.7 Å². The summed E-state index contributed by atoms with van der Waals surface area (Å²) in [6.45, 7) is 0.850. The Labute approximate surface area is 125 Å². The Morgan fingerprint density at radius 1 is 1.42 bits per heavy atom. The third-order valence-corrected chi connectivity index (χ3v) is 2.85. The van der Waals surface area contributed by atoms with Gasteiger partial charge in [-0.1, -0.05) is 27.5 Å². The van der Waals surface area contributed by atoms with Crippen molar-refractivity contribution in [2.75, 3.05) is 33.0 Å². The number of benzene rings is 1. The van der Waals surface area contributed by atoms with E-state index >= 15 is 0 Å². The van der Waals surface area contributed by atoms with Crippen LogP contribution >= 0.6 is 27.5 Å². The molecule has 1 rings (SSSR count). The first-order chi connectivity index (χ1) is 9.13. The van der Waals surface area contributed by atoms with E-state index in [2.05, 4.69) is 21.2 Å². The van der Waals surface area contributed by atoms with Crippen LogP contribution < -0.4 is 10.1 Å². The first-order valence-corrected chi connectivity index (χ1v) is 6.83. The zero-order valence-electron chi connectivity index (χ0n) is 10.2. The van der Waals surface area contributed by atoms with Gasteiger partial charge >= 0.3 is 0 Å². The van der Waals surface area contributed by atoms with E-state index < -0.39 is 0 Å². The van der Waals surface area contributed by atoms with Gasteiger partial charge in [0.2, 0.25) is 0 Å². The summed E-state index contributed by atoms with van der Waals surface area (Å²) in [6, 6.07) is 5.16. The molecule has 2 N–H and O–H groups in total. The van der Waals surface area contributed by atoms with Crippen LogP contribution in [0.3, 0.4) is 0 Å². The molecular weight excluding hydrogens is 337 g/mol. The van der Waals surface area contributed by atoms with Gasteiger partial charge in [0.1, 0.15) is 5.75 Å². The smallest absolute Gasteiger partial charge is 0.258 e. The number of halogens is 2. The predicted octanol–water partition coefficient (Wildman–Crippen LogP) is 1.61. The summed E-state index contributed by atoms with van der Waals surface area (Å²) >= 11 is 9.22. The maximum atomic E-state index is 11.4. The van der Waals surface area contributed by atoms with Gasteiger partial charge in [0.15, 0.2) is 6.61 Å². The lowest BCUT2D eigenvalue weighted by atomic mass is 10.3. The SMILES string of the molecule is O=C(COc1ccc(Br)cc1Cl)NCCOCCO. The molecule has 0 saturated heterocycles. The molecule has 19 heavy (non-hydrogen) atoms. The van der Waals surface area contributed by atoms with Gasteiger partial charge in [-0.25, -0.2) is 0 Å². The molecule has 0 spiro atoms. The number of carbonyl (C=O) groups is 1. The maximum Gasteiger partial charge on any atom is 0.258 e. The highest BCUT2D eigenvalue weighted by molar-refractivity contribution is 9.10. The Hall–Kier alpha value is -0.820. The molecule has 0 aromatic heterocycles. The largest absolute Gasteiger partial charge is 0.482 e. The molecule has 0 aliphatic carbocycles. The van der Waals surface area contributed by atoms with E-state index in [9.17, 15) is 4.79 Å². The van der Waals surface area contributed by atoms with Crippen LogP contribution in [0, 0.1) is 0 Å². The van der Waals surface area contributed by atoms with Gasteiger partial charge in [0.05, 0.1) is 24.8 Å². The molecule has 0 fully saturated rings. The van der Waals surface area contributed by atoms with Gasteiger partial charge in [-0.3, -0.25) is 4.79 Å². The molecule has 0 unspecified atom stereocenters. The number of carbonyl (C=O) groups excluding carboxylic acids is 1. The van der Waals surface area contributed by atoms with Crippen LogP contribution in [-0.4, -0.2) is 44.0 Å². The van der Waals surface area contributed by atoms with Crippen molar-refractivity contribution >= 4 is 33.4 Å². The molecule has 1 aromatic carbocycles. The minimum Gasteiger partial charge on any atom is -0.482 e. The molecule has 5 nitrogen and oxygen atoms in total. The number of rotatable bonds is 8. The quantitative estimate of drug-likeness (QED) is 0.698. The topological polar surface area (TPSA) is 67.8 Å². The first-order valence-electron chi connectivity index (χ1n) is 5.66. The summed E-state index contributed by atoms with van der Waals surface area (Å²) in [6.07, 6.45) is 0. The molecule has 106 valence electrons. The third kappa shape index (κ3) is 6.77. The van der Waals surface area contributed by atoms with Crippen LogP contribution in [0.2, 0.25) is 5.02 Å². The standard InChI is InChI=1S/C12H15BrClNO4/c13-9-1-2-11(10(14)7-9)19-8-12(17)15-3-5-18-6-4-16/h1-2,7,16H,3-6,8H2,(H,15,17). The second kappa shape index (κ2) is 9.14. The highest BCUT2D eigenvalue weighted by Crippen LogP contribution is 2.27. The van der Waals surface area contributed by atoms with Crippen molar-refractivity contribution in [3.05, 3.63) is 27.7 Å². The Morgan fingerprint density at radius 3 is 2.89 bits per heavy atom. The fourth-order valence-electron chi connectivity index (χ4n) is 1.22. The second-order valence-corrected chi connectivity index (χ2v) is 4.87.